The Hall–Kier alpha value is -3.54. The summed E-state index contributed by atoms with van der Waals surface area (Å²) in [5, 5.41) is 0. The van der Waals surface area contributed by atoms with Crippen molar-refractivity contribution < 1.29 is 14.3 Å². The molecule has 1 unspecified atom stereocenters. The van der Waals surface area contributed by atoms with Crippen LogP contribution in [0.5, 0.6) is 5.75 Å². The fourth-order valence-electron chi connectivity index (χ4n) is 5.91. The van der Waals surface area contributed by atoms with Crippen LogP contribution in [0.2, 0.25) is 0 Å². The van der Waals surface area contributed by atoms with Crippen LogP contribution in [0.1, 0.15) is 69.7 Å². The van der Waals surface area contributed by atoms with Gasteiger partial charge in [-0.2, -0.15) is 0 Å². The predicted octanol–water partition coefficient (Wildman–Crippen LogP) is 6.13. The first kappa shape index (κ1) is 25.1. The van der Waals surface area contributed by atoms with E-state index in [-0.39, 0.29) is 30.4 Å². The minimum Gasteiger partial charge on any atom is -0.497 e. The van der Waals surface area contributed by atoms with E-state index in [4.69, 9.17) is 4.74 Å². The molecule has 1 aromatic heterocycles. The molecule has 3 aromatic rings. The second kappa shape index (κ2) is 10.8. The summed E-state index contributed by atoms with van der Waals surface area (Å²) in [6, 6.07) is 19.6. The fraction of sp³-hybridized carbons (Fsp3) is 0.419. The molecular formula is C31H37N3O3. The van der Waals surface area contributed by atoms with Crippen molar-refractivity contribution in [2.24, 2.45) is 5.92 Å². The zero-order chi connectivity index (χ0) is 25.9. The highest BCUT2D eigenvalue weighted by atomic mass is 16.5. The Labute approximate surface area is 219 Å². The van der Waals surface area contributed by atoms with Crippen molar-refractivity contribution >= 4 is 17.5 Å². The van der Waals surface area contributed by atoms with Crippen molar-refractivity contribution in [3.63, 3.8) is 0 Å². The Bertz CT molecular complexity index is 1240. The minimum absolute atomic E-state index is 0.0524. The molecule has 2 heterocycles. The highest BCUT2D eigenvalue weighted by Crippen LogP contribution is 2.42. The van der Waals surface area contributed by atoms with Gasteiger partial charge in [-0.1, -0.05) is 49.9 Å². The average molecular weight is 500 g/mol. The molecule has 0 spiro atoms. The van der Waals surface area contributed by atoms with Crippen LogP contribution in [0.4, 0.5) is 5.69 Å². The summed E-state index contributed by atoms with van der Waals surface area (Å²) in [6.07, 6.45) is 8.47. The Morgan fingerprint density at radius 1 is 0.973 bits per heavy atom. The van der Waals surface area contributed by atoms with Gasteiger partial charge < -0.3 is 14.2 Å². The molecule has 6 nitrogen and oxygen atoms in total. The molecule has 2 aliphatic rings. The molecule has 0 bridgehead atoms. The lowest BCUT2D eigenvalue weighted by Gasteiger charge is -2.40. The van der Waals surface area contributed by atoms with Crippen LogP contribution in [0.25, 0.3) is 5.69 Å². The number of carbonyl (C=O) groups is 2. The van der Waals surface area contributed by atoms with Crippen LogP contribution >= 0.6 is 0 Å². The number of hydrogen-bond acceptors (Lipinski definition) is 3. The smallest absolute Gasteiger partial charge is 0.247 e. The summed E-state index contributed by atoms with van der Waals surface area (Å²) in [4.78, 5) is 31.1. The first-order chi connectivity index (χ1) is 18.0. The third-order valence-corrected chi connectivity index (χ3v) is 7.91. The van der Waals surface area contributed by atoms with E-state index in [0.717, 1.165) is 34.8 Å². The number of fused-ring (bicyclic) bond motifs is 3. The van der Waals surface area contributed by atoms with Gasteiger partial charge in [0.2, 0.25) is 11.8 Å². The van der Waals surface area contributed by atoms with E-state index in [2.05, 4.69) is 10.6 Å². The van der Waals surface area contributed by atoms with E-state index in [0.29, 0.717) is 12.3 Å². The minimum atomic E-state index is -0.314. The molecule has 1 atom stereocenters. The molecular weight excluding hydrogens is 462 g/mol. The second-order valence-corrected chi connectivity index (χ2v) is 10.5. The van der Waals surface area contributed by atoms with Gasteiger partial charge in [-0.05, 0) is 68.1 Å². The number of para-hydroxylation sites is 2. The molecule has 0 saturated heterocycles. The lowest BCUT2D eigenvalue weighted by molar-refractivity contribution is -0.137. The quantitative estimate of drug-likeness (QED) is 0.375. The van der Waals surface area contributed by atoms with Crippen LogP contribution in [0.15, 0.2) is 66.9 Å². The van der Waals surface area contributed by atoms with E-state index in [1.165, 1.54) is 25.7 Å². The lowest BCUT2D eigenvalue weighted by atomic mass is 9.97. The maximum Gasteiger partial charge on any atom is 0.247 e. The summed E-state index contributed by atoms with van der Waals surface area (Å²) < 4.78 is 7.53. The SMILES string of the molecule is COc1ccc(C2c3cccn3-c3ccccc3N2C(=O)CN(C(=O)CCC2CCCC2)C(C)C)cc1. The topological polar surface area (TPSA) is 54.8 Å². The lowest BCUT2D eigenvalue weighted by Crippen LogP contribution is -2.48. The van der Waals surface area contributed by atoms with E-state index < -0.39 is 0 Å². The first-order valence-corrected chi connectivity index (χ1v) is 13.5. The van der Waals surface area contributed by atoms with Crippen LogP contribution in [0.3, 0.4) is 0 Å². The first-order valence-electron chi connectivity index (χ1n) is 13.5. The molecule has 1 aliphatic heterocycles. The molecule has 0 N–H and O–H groups in total. The molecule has 5 rings (SSSR count). The van der Waals surface area contributed by atoms with Crippen LogP contribution in [-0.4, -0.2) is 41.0 Å². The fourth-order valence-corrected chi connectivity index (χ4v) is 5.91. The van der Waals surface area contributed by atoms with Gasteiger partial charge in [0, 0.05) is 18.7 Å². The summed E-state index contributed by atoms with van der Waals surface area (Å²) in [6.45, 7) is 4.05. The molecule has 1 saturated carbocycles. The van der Waals surface area contributed by atoms with Crippen molar-refractivity contribution in [3.8, 4) is 11.4 Å². The Morgan fingerprint density at radius 3 is 2.35 bits per heavy atom. The van der Waals surface area contributed by atoms with Gasteiger partial charge in [-0.25, -0.2) is 0 Å². The maximum atomic E-state index is 14.2. The average Bonchev–Trinajstić information content (AvgIpc) is 3.62. The van der Waals surface area contributed by atoms with Crippen LogP contribution in [-0.2, 0) is 9.59 Å². The standard InChI is InChI=1S/C31H37N3O3/c1-22(2)33(29(35)19-14-23-9-4-5-10-23)21-30(36)34-27-12-7-6-11-26(27)32-20-8-13-28(32)31(34)24-15-17-25(37-3)18-16-24/h6-8,11-13,15-18,20,22-23,31H,4-5,9-10,14,19,21H2,1-3H3. The van der Waals surface area contributed by atoms with Crippen molar-refractivity contribution in [1.82, 2.24) is 9.47 Å². The van der Waals surface area contributed by atoms with Gasteiger partial charge in [0.05, 0.1) is 24.2 Å². The number of rotatable bonds is 8. The Balaban J connectivity index is 1.47. The van der Waals surface area contributed by atoms with Gasteiger partial charge in [-0.15, -0.1) is 0 Å². The number of aromatic nitrogens is 1. The molecule has 1 fully saturated rings. The van der Waals surface area contributed by atoms with E-state index >= 15 is 0 Å². The number of anilines is 1. The van der Waals surface area contributed by atoms with Gasteiger partial charge in [0.1, 0.15) is 18.3 Å². The molecule has 2 aromatic carbocycles. The third kappa shape index (κ3) is 5.02. The molecule has 0 radical (unpaired) electrons. The van der Waals surface area contributed by atoms with E-state index in [9.17, 15) is 9.59 Å². The van der Waals surface area contributed by atoms with Gasteiger partial charge in [-0.3, -0.25) is 14.5 Å². The van der Waals surface area contributed by atoms with Crippen molar-refractivity contribution in [2.75, 3.05) is 18.6 Å². The van der Waals surface area contributed by atoms with E-state index in [1.54, 1.807) is 12.0 Å². The normalized spacial score (nSPS) is 17.0. The Kier molecular flexibility index (Phi) is 7.36. The summed E-state index contributed by atoms with van der Waals surface area (Å²) in [5.41, 5.74) is 3.82. The summed E-state index contributed by atoms with van der Waals surface area (Å²) in [5.74, 6) is 1.41. The third-order valence-electron chi connectivity index (χ3n) is 7.91. The highest BCUT2D eigenvalue weighted by molar-refractivity contribution is 6.00. The molecule has 194 valence electrons. The Morgan fingerprint density at radius 2 is 1.68 bits per heavy atom. The van der Waals surface area contributed by atoms with Crippen molar-refractivity contribution in [3.05, 3.63) is 78.1 Å². The number of carbonyl (C=O) groups excluding carboxylic acids is 2. The highest BCUT2D eigenvalue weighted by Gasteiger charge is 2.37. The molecule has 1 aliphatic carbocycles. The van der Waals surface area contributed by atoms with Gasteiger partial charge in [0.15, 0.2) is 0 Å². The number of nitrogens with zero attached hydrogens (tertiary/aromatic N) is 3. The van der Waals surface area contributed by atoms with Gasteiger partial charge >= 0.3 is 0 Å². The molecule has 37 heavy (non-hydrogen) atoms. The summed E-state index contributed by atoms with van der Waals surface area (Å²) >= 11 is 0. The zero-order valence-corrected chi connectivity index (χ0v) is 22.1. The number of benzene rings is 2. The van der Waals surface area contributed by atoms with E-state index in [1.807, 2.05) is 79.5 Å². The molecule has 2 amide bonds. The maximum absolute atomic E-state index is 14.2. The monoisotopic (exact) mass is 499 g/mol. The number of hydrogen-bond donors (Lipinski definition) is 0. The number of methoxy groups -OCH3 is 1. The summed E-state index contributed by atoms with van der Waals surface area (Å²) in [7, 11) is 1.65. The predicted molar refractivity (Wildman–Crippen MR) is 146 cm³/mol. The number of ether oxygens (including phenoxy) is 1. The largest absolute Gasteiger partial charge is 0.497 e. The molecule has 6 heteroatoms. The zero-order valence-electron chi connectivity index (χ0n) is 22.1. The van der Waals surface area contributed by atoms with Crippen LogP contribution in [0, 0.1) is 5.92 Å². The van der Waals surface area contributed by atoms with Crippen LogP contribution < -0.4 is 9.64 Å². The van der Waals surface area contributed by atoms with Crippen molar-refractivity contribution in [2.45, 2.75) is 64.5 Å². The van der Waals surface area contributed by atoms with Crippen molar-refractivity contribution in [1.29, 1.82) is 0 Å². The second-order valence-electron chi connectivity index (χ2n) is 10.5. The number of amides is 2. The van der Waals surface area contributed by atoms with Gasteiger partial charge in [0.25, 0.3) is 0 Å².